The van der Waals surface area contributed by atoms with E-state index in [1.165, 1.54) is 0 Å². The summed E-state index contributed by atoms with van der Waals surface area (Å²) < 4.78 is 0. The van der Waals surface area contributed by atoms with E-state index in [1.54, 1.807) is 4.90 Å². The summed E-state index contributed by atoms with van der Waals surface area (Å²) in [4.78, 5) is 12.2. The predicted molar refractivity (Wildman–Crippen MR) is 53.0 cm³/mol. The summed E-state index contributed by atoms with van der Waals surface area (Å²) in [6, 6.07) is 0. The molecule has 4 N–H and O–H groups in total. The Labute approximate surface area is 83.4 Å². The summed E-state index contributed by atoms with van der Waals surface area (Å²) >= 11 is 0. The zero-order chi connectivity index (χ0) is 10.6. The summed E-state index contributed by atoms with van der Waals surface area (Å²) in [7, 11) is 0. The van der Waals surface area contributed by atoms with E-state index in [2.05, 4.69) is 0 Å². The first-order chi connectivity index (χ1) is 6.63. The van der Waals surface area contributed by atoms with Crippen LogP contribution in [0.15, 0.2) is 0 Å². The molecule has 1 aliphatic heterocycles. The zero-order valence-corrected chi connectivity index (χ0v) is 8.26. The van der Waals surface area contributed by atoms with Gasteiger partial charge in [0.2, 0.25) is 0 Å². The average Bonchev–Trinajstić information content (AvgIpc) is 2.31. The number of nitrogens with two attached hydrogens (primary N) is 2. The van der Waals surface area contributed by atoms with Crippen molar-refractivity contribution in [3.05, 3.63) is 10.1 Å². The van der Waals surface area contributed by atoms with Gasteiger partial charge in [-0.05, 0) is 12.8 Å². The summed E-state index contributed by atoms with van der Waals surface area (Å²) in [5.41, 5.74) is 10.8. The van der Waals surface area contributed by atoms with Gasteiger partial charge < -0.3 is 11.5 Å². The smallest absolute Gasteiger partial charge is 0.296 e. The van der Waals surface area contributed by atoms with Gasteiger partial charge in [0.1, 0.15) is 6.17 Å². The van der Waals surface area contributed by atoms with Crippen LogP contribution in [0, 0.1) is 10.1 Å². The minimum absolute atomic E-state index is 0.379. The molecule has 0 aromatic rings. The molecule has 0 spiro atoms. The Morgan fingerprint density at radius 1 is 1.14 bits per heavy atom. The maximum atomic E-state index is 10.8. The van der Waals surface area contributed by atoms with E-state index < -0.39 is 12.3 Å². The largest absolute Gasteiger partial charge is 0.309 e. The number of rotatable bonds is 3. The van der Waals surface area contributed by atoms with Gasteiger partial charge in [0, 0.05) is 18.0 Å². The van der Waals surface area contributed by atoms with Crippen molar-refractivity contribution in [1.82, 2.24) is 4.90 Å². The first kappa shape index (κ1) is 11.4. The van der Waals surface area contributed by atoms with Crippen LogP contribution < -0.4 is 11.5 Å². The topological polar surface area (TPSA) is 98.4 Å². The third-order valence-corrected chi connectivity index (χ3v) is 2.58. The van der Waals surface area contributed by atoms with Crippen LogP contribution in [-0.2, 0) is 0 Å². The molecule has 1 saturated heterocycles. The molecule has 0 radical (unpaired) electrons. The quantitative estimate of drug-likeness (QED) is 0.372. The molecule has 1 heterocycles. The molecular weight excluding hydrogens is 184 g/mol. The van der Waals surface area contributed by atoms with Crippen LogP contribution in [0.5, 0.6) is 0 Å². The highest BCUT2D eigenvalue weighted by molar-refractivity contribution is 4.71. The Morgan fingerprint density at radius 3 is 2.00 bits per heavy atom. The lowest BCUT2D eigenvalue weighted by atomic mass is 10.2. The Hall–Kier alpha value is -0.720. The Bertz CT molecular complexity index is 190. The molecule has 1 fully saturated rings. The fourth-order valence-electron chi connectivity index (χ4n) is 1.88. The van der Waals surface area contributed by atoms with Crippen molar-refractivity contribution in [1.29, 1.82) is 0 Å². The third kappa shape index (κ3) is 2.90. The fraction of sp³-hybridized carbons (Fsp3) is 1.00. The first-order valence-electron chi connectivity index (χ1n) is 5.01. The van der Waals surface area contributed by atoms with Gasteiger partial charge in [0.05, 0.1) is 0 Å². The molecule has 82 valence electrons. The SMILES string of the molecule is NC(N)C(N1CCCCCC1)[N+](=O)[O-]. The molecule has 0 saturated carbocycles. The number of nitrogens with zero attached hydrogens (tertiary/aromatic N) is 2. The van der Waals surface area contributed by atoms with E-state index in [1.807, 2.05) is 0 Å². The molecular formula is C8H18N4O2. The molecule has 14 heavy (non-hydrogen) atoms. The lowest BCUT2D eigenvalue weighted by Crippen LogP contribution is -2.56. The normalized spacial score (nSPS) is 21.9. The molecule has 0 aliphatic carbocycles. The van der Waals surface area contributed by atoms with Crippen molar-refractivity contribution in [2.24, 2.45) is 11.5 Å². The molecule has 0 aromatic carbocycles. The van der Waals surface area contributed by atoms with E-state index in [0.717, 1.165) is 38.8 Å². The zero-order valence-electron chi connectivity index (χ0n) is 8.26. The number of likely N-dealkylation sites (tertiary alicyclic amines) is 1. The number of hydrogen-bond donors (Lipinski definition) is 2. The lowest BCUT2D eigenvalue weighted by molar-refractivity contribution is -0.554. The van der Waals surface area contributed by atoms with Gasteiger partial charge in [-0.25, -0.2) is 4.90 Å². The van der Waals surface area contributed by atoms with Gasteiger partial charge in [-0.1, -0.05) is 12.8 Å². The maximum Gasteiger partial charge on any atom is 0.296 e. The summed E-state index contributed by atoms with van der Waals surface area (Å²) in [6.07, 6.45) is 2.45. The monoisotopic (exact) mass is 202 g/mol. The molecule has 1 atom stereocenters. The predicted octanol–water partition coefficient (Wildman–Crippen LogP) is -0.291. The second kappa shape index (κ2) is 5.23. The average molecular weight is 202 g/mol. The van der Waals surface area contributed by atoms with Gasteiger partial charge in [-0.15, -0.1) is 0 Å². The molecule has 6 nitrogen and oxygen atoms in total. The molecule has 0 amide bonds. The van der Waals surface area contributed by atoms with Crippen LogP contribution >= 0.6 is 0 Å². The van der Waals surface area contributed by atoms with E-state index in [-0.39, 0.29) is 4.92 Å². The van der Waals surface area contributed by atoms with Crippen LogP contribution in [0.3, 0.4) is 0 Å². The van der Waals surface area contributed by atoms with E-state index in [9.17, 15) is 10.1 Å². The van der Waals surface area contributed by atoms with Crippen molar-refractivity contribution in [2.75, 3.05) is 13.1 Å². The van der Waals surface area contributed by atoms with Crippen LogP contribution in [0.1, 0.15) is 25.7 Å². The summed E-state index contributed by atoms with van der Waals surface area (Å²) in [5.74, 6) is 0. The minimum atomic E-state index is -0.923. The minimum Gasteiger partial charge on any atom is -0.309 e. The van der Waals surface area contributed by atoms with Crippen molar-refractivity contribution in [3.63, 3.8) is 0 Å². The van der Waals surface area contributed by atoms with Crippen LogP contribution in [0.4, 0.5) is 0 Å². The fourth-order valence-corrected chi connectivity index (χ4v) is 1.88. The molecule has 1 unspecified atom stereocenters. The highest BCUT2D eigenvalue weighted by Crippen LogP contribution is 2.13. The van der Waals surface area contributed by atoms with Crippen LogP contribution in [0.2, 0.25) is 0 Å². The van der Waals surface area contributed by atoms with Crippen molar-refractivity contribution >= 4 is 0 Å². The van der Waals surface area contributed by atoms with Gasteiger partial charge in [-0.3, -0.25) is 10.1 Å². The van der Waals surface area contributed by atoms with Gasteiger partial charge in [0.25, 0.3) is 6.17 Å². The van der Waals surface area contributed by atoms with Gasteiger partial charge >= 0.3 is 0 Å². The number of nitro groups is 1. The van der Waals surface area contributed by atoms with E-state index in [4.69, 9.17) is 11.5 Å². The van der Waals surface area contributed by atoms with Gasteiger partial charge in [0.15, 0.2) is 0 Å². The highest BCUT2D eigenvalue weighted by Gasteiger charge is 2.32. The second-order valence-corrected chi connectivity index (χ2v) is 3.73. The molecule has 1 aliphatic rings. The second-order valence-electron chi connectivity index (χ2n) is 3.73. The Balaban J connectivity index is 2.60. The van der Waals surface area contributed by atoms with Crippen molar-refractivity contribution in [3.8, 4) is 0 Å². The first-order valence-corrected chi connectivity index (χ1v) is 5.01. The van der Waals surface area contributed by atoms with Crippen molar-refractivity contribution in [2.45, 2.75) is 38.0 Å². The van der Waals surface area contributed by atoms with E-state index in [0.29, 0.717) is 0 Å². The summed E-state index contributed by atoms with van der Waals surface area (Å²) in [6.45, 7) is 1.47. The van der Waals surface area contributed by atoms with Crippen LogP contribution in [0.25, 0.3) is 0 Å². The summed E-state index contributed by atoms with van der Waals surface area (Å²) in [5, 5.41) is 10.8. The highest BCUT2D eigenvalue weighted by atomic mass is 16.6. The third-order valence-electron chi connectivity index (χ3n) is 2.58. The Kier molecular flexibility index (Phi) is 4.24. The van der Waals surface area contributed by atoms with Gasteiger partial charge in [-0.2, -0.15) is 0 Å². The lowest BCUT2D eigenvalue weighted by Gasteiger charge is -2.25. The van der Waals surface area contributed by atoms with Crippen LogP contribution in [-0.4, -0.2) is 35.2 Å². The Morgan fingerprint density at radius 2 is 1.64 bits per heavy atom. The maximum absolute atomic E-state index is 10.8. The van der Waals surface area contributed by atoms with Crippen molar-refractivity contribution < 1.29 is 4.92 Å². The van der Waals surface area contributed by atoms with E-state index >= 15 is 0 Å². The standard InChI is InChI=1S/C8H18N4O2/c9-7(10)8(12(13)14)11-5-3-1-2-4-6-11/h7-8H,1-6,9-10H2. The molecule has 0 aromatic heterocycles. The number of hydrogen-bond acceptors (Lipinski definition) is 5. The molecule has 1 rings (SSSR count). The molecule has 6 heteroatoms. The molecule has 0 bridgehead atoms.